The fourth-order valence-electron chi connectivity index (χ4n) is 3.73. The Balaban J connectivity index is 2.03. The number of hydrogen-bond acceptors (Lipinski definition) is 1. The minimum atomic E-state index is 0.786. The second-order valence-electron chi connectivity index (χ2n) is 6.99. The molecule has 0 bridgehead atoms. The van der Waals surface area contributed by atoms with E-state index in [0.29, 0.717) is 0 Å². The molecule has 1 nitrogen and oxygen atoms in total. The van der Waals surface area contributed by atoms with Gasteiger partial charge < -0.3 is 5.32 Å². The van der Waals surface area contributed by atoms with Gasteiger partial charge in [-0.1, -0.05) is 90.4 Å². The Hall–Kier alpha value is -0.0400. The third kappa shape index (κ3) is 9.00. The van der Waals surface area contributed by atoms with Gasteiger partial charge >= 0.3 is 0 Å². The maximum Gasteiger partial charge on any atom is 0.00667 e. The molecule has 0 aliphatic heterocycles. The molecule has 0 amide bonds. The second-order valence-corrected chi connectivity index (χ2v) is 6.99. The Bertz CT molecular complexity index is 194. The summed E-state index contributed by atoms with van der Waals surface area (Å²) in [6.07, 6.45) is 21.8. The number of rotatable bonds is 11. The molecule has 1 rings (SSSR count). The van der Waals surface area contributed by atoms with E-state index in [1.165, 1.54) is 96.3 Å². The van der Waals surface area contributed by atoms with E-state index in [1.807, 2.05) is 0 Å². The van der Waals surface area contributed by atoms with Crippen molar-refractivity contribution >= 4 is 0 Å². The zero-order chi connectivity index (χ0) is 14.5. The summed E-state index contributed by atoms with van der Waals surface area (Å²) < 4.78 is 0. The Labute approximate surface area is 128 Å². The molecular weight excluding hydrogens is 242 g/mol. The number of unbranched alkanes of at least 4 members (excludes halogenated alkanes) is 6. The Morgan fingerprint density at radius 1 is 0.850 bits per heavy atom. The van der Waals surface area contributed by atoms with Crippen LogP contribution in [-0.4, -0.2) is 13.1 Å². The van der Waals surface area contributed by atoms with Crippen molar-refractivity contribution in [1.29, 1.82) is 0 Å². The molecule has 1 aliphatic carbocycles. The van der Waals surface area contributed by atoms with E-state index in [0.717, 1.165) is 12.0 Å². The molecule has 1 aliphatic rings. The van der Waals surface area contributed by atoms with Crippen LogP contribution in [0, 0.1) is 5.92 Å². The summed E-state index contributed by atoms with van der Waals surface area (Å²) in [5, 5.41) is 3.58. The molecule has 0 saturated heterocycles. The molecule has 1 fully saturated rings. The van der Waals surface area contributed by atoms with Crippen molar-refractivity contribution in [2.75, 3.05) is 7.05 Å². The fourth-order valence-corrected chi connectivity index (χ4v) is 3.73. The van der Waals surface area contributed by atoms with E-state index in [-0.39, 0.29) is 0 Å². The molecule has 0 heterocycles. The van der Waals surface area contributed by atoms with E-state index in [4.69, 9.17) is 0 Å². The highest BCUT2D eigenvalue weighted by Crippen LogP contribution is 2.27. The Morgan fingerprint density at radius 3 is 2.05 bits per heavy atom. The normalized spacial score (nSPS) is 18.9. The van der Waals surface area contributed by atoms with Crippen LogP contribution in [-0.2, 0) is 0 Å². The zero-order valence-corrected chi connectivity index (χ0v) is 14.3. The van der Waals surface area contributed by atoms with Gasteiger partial charge in [-0.15, -0.1) is 0 Å². The van der Waals surface area contributed by atoms with Gasteiger partial charge in [0.2, 0.25) is 0 Å². The predicted octanol–water partition coefficient (Wildman–Crippen LogP) is 6.08. The molecule has 0 spiro atoms. The largest absolute Gasteiger partial charge is 0.317 e. The lowest BCUT2D eigenvalue weighted by molar-refractivity contribution is 0.344. The van der Waals surface area contributed by atoms with Gasteiger partial charge in [0.05, 0.1) is 0 Å². The molecule has 1 saturated carbocycles. The highest BCUT2D eigenvalue weighted by Gasteiger charge is 2.16. The van der Waals surface area contributed by atoms with Crippen molar-refractivity contribution in [3.05, 3.63) is 0 Å². The first-order chi connectivity index (χ1) is 9.86. The zero-order valence-electron chi connectivity index (χ0n) is 14.3. The summed E-state index contributed by atoms with van der Waals surface area (Å²) in [5.74, 6) is 1.01. The van der Waals surface area contributed by atoms with Crippen LogP contribution in [0.2, 0.25) is 0 Å². The monoisotopic (exact) mass is 281 g/mol. The first-order valence-electron chi connectivity index (χ1n) is 9.54. The van der Waals surface area contributed by atoms with E-state index >= 15 is 0 Å². The fraction of sp³-hybridized carbons (Fsp3) is 1.00. The highest BCUT2D eigenvalue weighted by molar-refractivity contribution is 4.73. The second kappa shape index (κ2) is 12.7. The SMILES string of the molecule is CCCCCCCCCC(CC1CCCCCC1)NC. The lowest BCUT2D eigenvalue weighted by atomic mass is 9.90. The summed E-state index contributed by atoms with van der Waals surface area (Å²) in [5.41, 5.74) is 0. The Morgan fingerprint density at radius 2 is 1.45 bits per heavy atom. The van der Waals surface area contributed by atoms with E-state index in [2.05, 4.69) is 19.3 Å². The molecule has 120 valence electrons. The minimum Gasteiger partial charge on any atom is -0.317 e. The maximum absolute atomic E-state index is 3.58. The van der Waals surface area contributed by atoms with Crippen molar-refractivity contribution in [3.63, 3.8) is 0 Å². The van der Waals surface area contributed by atoms with Crippen LogP contribution >= 0.6 is 0 Å². The third-order valence-electron chi connectivity index (χ3n) is 5.16. The van der Waals surface area contributed by atoms with Crippen molar-refractivity contribution in [3.8, 4) is 0 Å². The van der Waals surface area contributed by atoms with Crippen LogP contribution in [0.3, 0.4) is 0 Å². The summed E-state index contributed by atoms with van der Waals surface area (Å²) in [6.45, 7) is 2.30. The summed E-state index contributed by atoms with van der Waals surface area (Å²) >= 11 is 0. The lowest BCUT2D eigenvalue weighted by Crippen LogP contribution is -2.27. The van der Waals surface area contributed by atoms with Crippen LogP contribution in [0.25, 0.3) is 0 Å². The van der Waals surface area contributed by atoms with Crippen LogP contribution in [0.1, 0.15) is 103 Å². The maximum atomic E-state index is 3.58. The van der Waals surface area contributed by atoms with E-state index in [1.54, 1.807) is 0 Å². The van der Waals surface area contributed by atoms with Gasteiger partial charge in [0, 0.05) is 6.04 Å². The van der Waals surface area contributed by atoms with Crippen molar-refractivity contribution in [2.24, 2.45) is 5.92 Å². The molecule has 1 heteroatoms. The van der Waals surface area contributed by atoms with Crippen molar-refractivity contribution in [2.45, 2.75) is 109 Å². The smallest absolute Gasteiger partial charge is 0.00667 e. The molecule has 0 aromatic rings. The van der Waals surface area contributed by atoms with Gasteiger partial charge in [-0.05, 0) is 25.8 Å². The molecule has 20 heavy (non-hydrogen) atoms. The van der Waals surface area contributed by atoms with Crippen LogP contribution < -0.4 is 5.32 Å². The molecule has 0 aromatic carbocycles. The standard InChI is InChI=1S/C19H39N/c1-3-4-5-6-7-8-13-16-19(20-2)17-18-14-11-9-10-12-15-18/h18-20H,3-17H2,1-2H3. The van der Waals surface area contributed by atoms with Gasteiger partial charge in [0.25, 0.3) is 0 Å². The first kappa shape index (κ1) is 18.0. The minimum absolute atomic E-state index is 0.786. The van der Waals surface area contributed by atoms with Gasteiger partial charge in [-0.25, -0.2) is 0 Å². The van der Waals surface area contributed by atoms with Crippen molar-refractivity contribution < 1.29 is 0 Å². The third-order valence-corrected chi connectivity index (χ3v) is 5.16. The summed E-state index contributed by atoms with van der Waals surface area (Å²) in [7, 11) is 2.17. The molecule has 0 aromatic heterocycles. The summed E-state index contributed by atoms with van der Waals surface area (Å²) in [6, 6.07) is 0.786. The number of hydrogen-bond donors (Lipinski definition) is 1. The molecular formula is C19H39N. The molecule has 1 N–H and O–H groups in total. The summed E-state index contributed by atoms with van der Waals surface area (Å²) in [4.78, 5) is 0. The van der Waals surface area contributed by atoms with Gasteiger partial charge in [-0.3, -0.25) is 0 Å². The van der Waals surface area contributed by atoms with Gasteiger partial charge in [-0.2, -0.15) is 0 Å². The highest BCUT2D eigenvalue weighted by atomic mass is 14.9. The molecule has 1 atom stereocenters. The Kier molecular flexibility index (Phi) is 11.4. The lowest BCUT2D eigenvalue weighted by Gasteiger charge is -2.22. The average molecular weight is 282 g/mol. The first-order valence-corrected chi connectivity index (χ1v) is 9.54. The molecule has 1 unspecified atom stereocenters. The van der Waals surface area contributed by atoms with Crippen LogP contribution in [0.5, 0.6) is 0 Å². The van der Waals surface area contributed by atoms with Gasteiger partial charge in [0.1, 0.15) is 0 Å². The van der Waals surface area contributed by atoms with Crippen molar-refractivity contribution in [1.82, 2.24) is 5.32 Å². The van der Waals surface area contributed by atoms with Gasteiger partial charge in [0.15, 0.2) is 0 Å². The average Bonchev–Trinajstić information content (AvgIpc) is 2.73. The predicted molar refractivity (Wildman–Crippen MR) is 91.3 cm³/mol. The van der Waals surface area contributed by atoms with Crippen LogP contribution in [0.4, 0.5) is 0 Å². The van der Waals surface area contributed by atoms with Crippen LogP contribution in [0.15, 0.2) is 0 Å². The van der Waals surface area contributed by atoms with E-state index in [9.17, 15) is 0 Å². The molecule has 0 radical (unpaired) electrons. The quantitative estimate of drug-likeness (QED) is 0.358. The van der Waals surface area contributed by atoms with E-state index < -0.39 is 0 Å². The number of nitrogens with one attached hydrogen (secondary N) is 1. The topological polar surface area (TPSA) is 12.0 Å².